The van der Waals surface area contributed by atoms with Crippen LogP contribution in [0.4, 0.5) is 23.7 Å². The average Bonchev–Trinajstić information content (AvgIpc) is 2.79. The van der Waals surface area contributed by atoms with E-state index in [0.717, 1.165) is 61.4 Å². The van der Waals surface area contributed by atoms with Crippen molar-refractivity contribution in [1.82, 2.24) is 10.3 Å². The van der Waals surface area contributed by atoms with E-state index in [2.05, 4.69) is 15.7 Å². The number of dihydropyridines is 1. The van der Waals surface area contributed by atoms with E-state index in [1.165, 1.54) is 0 Å². The lowest BCUT2D eigenvalue weighted by Gasteiger charge is -2.24. The third-order valence-electron chi connectivity index (χ3n) is 5.64. The van der Waals surface area contributed by atoms with Gasteiger partial charge in [0.05, 0.1) is 17.8 Å². The molecule has 10 heteroatoms. The number of amides is 2. The molecule has 1 saturated carbocycles. The fraction of sp³-hybridized carbons (Fsp3) is 0.435. The summed E-state index contributed by atoms with van der Waals surface area (Å²) in [6.45, 7) is 1.86. The summed E-state index contributed by atoms with van der Waals surface area (Å²) in [5, 5.41) is 11.4. The number of carbonyl (C=O) groups is 2. The van der Waals surface area contributed by atoms with Crippen LogP contribution in [0.1, 0.15) is 44.6 Å². The number of halogens is 4. The zero-order valence-corrected chi connectivity index (χ0v) is 19.0. The van der Waals surface area contributed by atoms with Crippen LogP contribution >= 0.6 is 11.6 Å². The van der Waals surface area contributed by atoms with E-state index in [1.54, 1.807) is 19.2 Å². The van der Waals surface area contributed by atoms with Crippen LogP contribution in [0.15, 0.2) is 52.2 Å². The highest BCUT2D eigenvalue weighted by Crippen LogP contribution is 2.30. The van der Waals surface area contributed by atoms with Gasteiger partial charge in [-0.3, -0.25) is 4.79 Å². The Hall–Kier alpha value is -2.81. The molecule has 0 bridgehead atoms. The Bertz CT molecular complexity index is 965. The van der Waals surface area contributed by atoms with Gasteiger partial charge in [0.25, 0.3) is 0 Å². The van der Waals surface area contributed by atoms with Gasteiger partial charge in [0.15, 0.2) is 5.78 Å². The van der Waals surface area contributed by atoms with Gasteiger partial charge in [-0.1, -0.05) is 30.9 Å². The van der Waals surface area contributed by atoms with Crippen LogP contribution in [0.5, 0.6) is 0 Å². The first-order valence-electron chi connectivity index (χ1n) is 10.8. The van der Waals surface area contributed by atoms with Crippen molar-refractivity contribution >= 4 is 34.8 Å². The molecule has 1 aromatic rings. The molecule has 1 aliphatic carbocycles. The molecule has 3 rings (SSSR count). The van der Waals surface area contributed by atoms with Gasteiger partial charge in [-0.15, -0.1) is 0 Å². The van der Waals surface area contributed by atoms with Crippen molar-refractivity contribution in [3.8, 4) is 0 Å². The second-order valence-corrected chi connectivity index (χ2v) is 8.54. The number of hydrazone groups is 1. The topological polar surface area (TPSA) is 73.8 Å². The summed E-state index contributed by atoms with van der Waals surface area (Å²) in [6, 6.07) is 3.37. The zero-order valence-electron chi connectivity index (χ0n) is 18.2. The molecular formula is C23H26ClF3N4O2. The van der Waals surface area contributed by atoms with Crippen LogP contribution in [0.2, 0.25) is 0 Å². The Kier molecular flexibility index (Phi) is 8.18. The van der Waals surface area contributed by atoms with Crippen molar-refractivity contribution < 1.29 is 22.8 Å². The molecule has 1 heterocycles. The van der Waals surface area contributed by atoms with Crippen molar-refractivity contribution in [2.45, 2.75) is 45.2 Å². The Morgan fingerprint density at radius 1 is 1.18 bits per heavy atom. The molecular weight excluding hydrogens is 457 g/mol. The molecule has 0 aromatic heterocycles. The number of carbonyl (C=O) groups excluding carboxylic acids is 2. The minimum Gasteiger partial charge on any atom is -0.386 e. The summed E-state index contributed by atoms with van der Waals surface area (Å²) in [6.07, 6.45) is 3.54. The Morgan fingerprint density at radius 3 is 2.45 bits per heavy atom. The van der Waals surface area contributed by atoms with Crippen molar-refractivity contribution in [2.24, 2.45) is 11.0 Å². The van der Waals surface area contributed by atoms with Crippen LogP contribution in [-0.2, 0) is 11.0 Å². The van der Waals surface area contributed by atoms with Gasteiger partial charge >= 0.3 is 12.2 Å². The van der Waals surface area contributed by atoms with Gasteiger partial charge in [0.2, 0.25) is 0 Å². The van der Waals surface area contributed by atoms with Crippen LogP contribution in [0, 0.1) is 5.92 Å². The first-order valence-corrected chi connectivity index (χ1v) is 11.2. The Labute approximate surface area is 195 Å². The van der Waals surface area contributed by atoms with Crippen molar-refractivity contribution in [1.29, 1.82) is 0 Å². The fourth-order valence-electron chi connectivity index (χ4n) is 3.81. The molecule has 0 unspecified atom stereocenters. The number of rotatable bonds is 6. The maximum atomic E-state index is 13.0. The highest BCUT2D eigenvalue weighted by Gasteiger charge is 2.30. The lowest BCUT2D eigenvalue weighted by Crippen LogP contribution is -2.38. The Balaban J connectivity index is 1.80. The van der Waals surface area contributed by atoms with E-state index >= 15 is 0 Å². The van der Waals surface area contributed by atoms with E-state index in [0.29, 0.717) is 22.9 Å². The van der Waals surface area contributed by atoms with E-state index in [-0.39, 0.29) is 23.9 Å². The van der Waals surface area contributed by atoms with E-state index < -0.39 is 17.8 Å². The largest absolute Gasteiger partial charge is 0.416 e. The predicted octanol–water partition coefficient (Wildman–Crippen LogP) is 5.67. The minimum absolute atomic E-state index is 0.0882. The SMILES string of the molecule is C/C(=N\N(CC(=O)C1CCCCC1)C(=O)Nc1ccc(C(F)(F)F)cc1)C1=C(Cl)CNC=C1. The lowest BCUT2D eigenvalue weighted by molar-refractivity contribution is -0.137. The summed E-state index contributed by atoms with van der Waals surface area (Å²) >= 11 is 6.26. The maximum Gasteiger partial charge on any atom is 0.416 e. The van der Waals surface area contributed by atoms with Crippen LogP contribution in [0.25, 0.3) is 0 Å². The van der Waals surface area contributed by atoms with Crippen molar-refractivity contribution in [2.75, 3.05) is 18.4 Å². The van der Waals surface area contributed by atoms with Gasteiger partial charge in [-0.2, -0.15) is 18.3 Å². The maximum absolute atomic E-state index is 13.0. The number of alkyl halides is 3. The number of urea groups is 1. The monoisotopic (exact) mass is 482 g/mol. The van der Waals surface area contributed by atoms with Crippen LogP contribution in [0.3, 0.4) is 0 Å². The summed E-state index contributed by atoms with van der Waals surface area (Å²) < 4.78 is 38.4. The minimum atomic E-state index is -4.47. The number of Topliss-reactive ketones (excluding diaryl/α,β-unsaturated/α-hetero) is 1. The molecule has 178 valence electrons. The summed E-state index contributed by atoms with van der Waals surface area (Å²) in [5.41, 5.74) is 0.414. The molecule has 2 N–H and O–H groups in total. The van der Waals surface area contributed by atoms with E-state index in [9.17, 15) is 22.8 Å². The predicted molar refractivity (Wildman–Crippen MR) is 122 cm³/mol. The molecule has 1 aromatic carbocycles. The summed E-state index contributed by atoms with van der Waals surface area (Å²) in [4.78, 5) is 25.8. The van der Waals surface area contributed by atoms with Crippen LogP contribution in [-0.4, -0.2) is 35.6 Å². The molecule has 0 radical (unpaired) electrons. The van der Waals surface area contributed by atoms with Gasteiger partial charge in [0, 0.05) is 22.2 Å². The zero-order chi connectivity index (χ0) is 24.0. The number of nitrogens with zero attached hydrogens (tertiary/aromatic N) is 2. The summed E-state index contributed by atoms with van der Waals surface area (Å²) in [7, 11) is 0. The fourth-order valence-corrected chi connectivity index (χ4v) is 4.09. The van der Waals surface area contributed by atoms with Gasteiger partial charge in [0.1, 0.15) is 6.54 Å². The molecule has 2 amide bonds. The summed E-state index contributed by atoms with van der Waals surface area (Å²) in [5.74, 6) is -0.216. The highest BCUT2D eigenvalue weighted by molar-refractivity contribution is 6.33. The normalized spacial score (nSPS) is 17.5. The molecule has 1 fully saturated rings. The molecule has 0 spiro atoms. The molecule has 33 heavy (non-hydrogen) atoms. The number of hydrogen-bond donors (Lipinski definition) is 2. The number of ketones is 1. The first kappa shape index (κ1) is 24.8. The number of benzene rings is 1. The van der Waals surface area contributed by atoms with Crippen LogP contribution < -0.4 is 10.6 Å². The standard InChI is InChI=1S/C23H26ClF3N4O2/c1-15(19-11-12-28-13-20(19)24)30-31(14-21(32)16-5-3-2-4-6-16)22(33)29-18-9-7-17(8-10-18)23(25,26)27/h7-12,16,28H,2-6,13-14H2,1H3,(H,29,33)/b30-15+. The molecule has 0 atom stereocenters. The number of allylic oxidation sites excluding steroid dienone is 2. The van der Waals surface area contributed by atoms with Gasteiger partial charge in [-0.25, -0.2) is 9.80 Å². The van der Waals surface area contributed by atoms with E-state index in [4.69, 9.17) is 11.6 Å². The third kappa shape index (κ3) is 6.83. The molecule has 6 nitrogen and oxygen atoms in total. The quantitative estimate of drug-likeness (QED) is 0.405. The van der Waals surface area contributed by atoms with Gasteiger partial charge in [-0.05, 0) is 56.3 Å². The van der Waals surface area contributed by atoms with Crippen molar-refractivity contribution in [3.05, 3.63) is 52.7 Å². The first-order chi connectivity index (χ1) is 15.6. The number of hydrogen-bond acceptors (Lipinski definition) is 4. The van der Waals surface area contributed by atoms with Crippen molar-refractivity contribution in [3.63, 3.8) is 0 Å². The average molecular weight is 483 g/mol. The third-order valence-corrected chi connectivity index (χ3v) is 5.98. The Morgan fingerprint density at radius 2 is 1.85 bits per heavy atom. The number of nitrogens with one attached hydrogen (secondary N) is 2. The second kappa shape index (κ2) is 10.9. The smallest absolute Gasteiger partial charge is 0.386 e. The molecule has 2 aliphatic rings. The molecule has 0 saturated heterocycles. The second-order valence-electron chi connectivity index (χ2n) is 8.08. The van der Waals surface area contributed by atoms with Gasteiger partial charge < -0.3 is 10.6 Å². The number of anilines is 1. The lowest BCUT2D eigenvalue weighted by atomic mass is 9.86. The molecule has 1 aliphatic heterocycles. The highest BCUT2D eigenvalue weighted by atomic mass is 35.5. The van der Waals surface area contributed by atoms with E-state index in [1.807, 2.05) is 0 Å².